The lowest BCUT2D eigenvalue weighted by atomic mass is 10.3. The average molecular weight is 144 g/mol. The van der Waals surface area contributed by atoms with Crippen molar-refractivity contribution in [2.24, 2.45) is 0 Å². The molecule has 0 unspecified atom stereocenters. The van der Waals surface area contributed by atoms with E-state index in [-0.39, 0.29) is 19.1 Å². The van der Waals surface area contributed by atoms with Crippen LogP contribution < -0.4 is 5.48 Å². The molecule has 0 aliphatic carbocycles. The van der Waals surface area contributed by atoms with Crippen LogP contribution in [0.2, 0.25) is 0 Å². The van der Waals surface area contributed by atoms with Crippen molar-refractivity contribution in [2.75, 3.05) is 13.2 Å². The van der Waals surface area contributed by atoms with E-state index >= 15 is 0 Å². The highest BCUT2D eigenvalue weighted by Crippen LogP contribution is 1.84. The van der Waals surface area contributed by atoms with Gasteiger partial charge in [0.25, 0.3) is 0 Å². The average Bonchev–Trinajstić information content (AvgIpc) is 1.69. The first-order chi connectivity index (χ1) is 3.41. The molecule has 0 fully saturated rings. The number of alkyl halides is 1. The van der Waals surface area contributed by atoms with Gasteiger partial charge in [0.2, 0.25) is 0 Å². The van der Waals surface area contributed by atoms with E-state index in [0.717, 1.165) is 0 Å². The summed E-state index contributed by atoms with van der Waals surface area (Å²) in [6, 6.07) is 0. The minimum atomic E-state index is -0.290. The summed E-state index contributed by atoms with van der Waals surface area (Å²) in [7, 11) is 0. The highest BCUT2D eigenvalue weighted by molar-refractivity contribution is 5.85. The van der Waals surface area contributed by atoms with Crippen molar-refractivity contribution in [3.05, 3.63) is 0 Å². The second kappa shape index (κ2) is 10.2. The Labute approximate surface area is 54.5 Å². The maximum absolute atomic E-state index is 11.2. The molecule has 0 amide bonds. The summed E-state index contributed by atoms with van der Waals surface area (Å²) >= 11 is 0. The largest absolute Gasteiger partial charge is 0.317 e. The zero-order chi connectivity index (χ0) is 5.54. The first-order valence-corrected chi connectivity index (χ1v) is 2.34. The van der Waals surface area contributed by atoms with Crippen LogP contribution in [0.5, 0.6) is 0 Å². The van der Waals surface area contributed by atoms with E-state index in [9.17, 15) is 4.39 Å². The molecular formula is C4H11ClFNO. The Morgan fingerprint density at radius 1 is 1.38 bits per heavy atom. The molecule has 2 N–H and O–H groups in total. The van der Waals surface area contributed by atoms with Gasteiger partial charge >= 0.3 is 0 Å². The van der Waals surface area contributed by atoms with E-state index in [1.54, 1.807) is 0 Å². The molecule has 0 aromatic rings. The number of hydrogen-bond acceptors (Lipinski definition) is 2. The number of unbranched alkanes of at least 4 members (excludes halogenated alkanes) is 1. The predicted octanol–water partition coefficient (Wildman–Crippen LogP) is 1.14. The van der Waals surface area contributed by atoms with Gasteiger partial charge in [-0.05, 0) is 12.8 Å². The van der Waals surface area contributed by atoms with Gasteiger partial charge in [0.1, 0.15) is 0 Å². The van der Waals surface area contributed by atoms with Gasteiger partial charge in [-0.3, -0.25) is 4.39 Å². The molecule has 0 heterocycles. The predicted molar refractivity (Wildman–Crippen MR) is 32.2 cm³/mol. The monoisotopic (exact) mass is 143 g/mol. The van der Waals surface area contributed by atoms with Crippen molar-refractivity contribution >= 4 is 12.4 Å². The fourth-order valence-corrected chi connectivity index (χ4v) is 0.299. The fraction of sp³-hybridized carbons (Fsp3) is 1.00. The molecule has 0 aliphatic rings. The van der Waals surface area contributed by atoms with E-state index in [0.29, 0.717) is 19.4 Å². The summed E-state index contributed by atoms with van der Waals surface area (Å²) in [5.74, 6) is 0. The number of hydrogen-bond donors (Lipinski definition) is 2. The normalized spacial score (nSPS) is 8.25. The zero-order valence-corrected chi connectivity index (χ0v) is 5.38. The molecule has 0 aliphatic heterocycles. The minimum Gasteiger partial charge on any atom is -0.317 e. The molecular weight excluding hydrogens is 133 g/mol. The van der Waals surface area contributed by atoms with Crippen LogP contribution in [0, 0.1) is 0 Å². The van der Waals surface area contributed by atoms with Gasteiger partial charge in [-0.1, -0.05) is 0 Å². The van der Waals surface area contributed by atoms with Crippen LogP contribution in [0.15, 0.2) is 0 Å². The van der Waals surface area contributed by atoms with Gasteiger partial charge in [-0.2, -0.15) is 0 Å². The Morgan fingerprint density at radius 3 is 2.38 bits per heavy atom. The van der Waals surface area contributed by atoms with Crippen LogP contribution in [0.4, 0.5) is 4.39 Å². The third kappa shape index (κ3) is 9.46. The smallest absolute Gasteiger partial charge is 0.0895 e. The van der Waals surface area contributed by atoms with Gasteiger partial charge in [-0.25, -0.2) is 5.48 Å². The fourth-order valence-electron chi connectivity index (χ4n) is 0.299. The Morgan fingerprint density at radius 2 is 2.00 bits per heavy atom. The quantitative estimate of drug-likeness (QED) is 0.457. The first kappa shape index (κ1) is 11.0. The topological polar surface area (TPSA) is 32.3 Å². The van der Waals surface area contributed by atoms with Gasteiger partial charge in [-0.15, -0.1) is 12.4 Å². The van der Waals surface area contributed by atoms with E-state index < -0.39 is 0 Å². The second-order valence-corrected chi connectivity index (χ2v) is 1.30. The Bertz CT molecular complexity index is 35.2. The van der Waals surface area contributed by atoms with Crippen molar-refractivity contribution in [2.45, 2.75) is 12.8 Å². The summed E-state index contributed by atoms with van der Waals surface area (Å²) in [6.07, 6.45) is 1.24. The van der Waals surface area contributed by atoms with Gasteiger partial charge in [0, 0.05) is 6.54 Å². The molecule has 0 atom stereocenters. The van der Waals surface area contributed by atoms with Crippen molar-refractivity contribution in [3.63, 3.8) is 0 Å². The standard InChI is InChI=1S/C4H10FNO.ClH/c5-3-1-2-4-6-7;/h6-7H,1-4H2;1H. The van der Waals surface area contributed by atoms with Crippen LogP contribution in [0.3, 0.4) is 0 Å². The number of rotatable bonds is 4. The van der Waals surface area contributed by atoms with Crippen LogP contribution in [-0.4, -0.2) is 18.4 Å². The van der Waals surface area contributed by atoms with Crippen LogP contribution >= 0.6 is 12.4 Å². The summed E-state index contributed by atoms with van der Waals surface area (Å²) < 4.78 is 11.2. The summed E-state index contributed by atoms with van der Waals surface area (Å²) in [6.45, 7) is 0.200. The molecule has 0 aromatic carbocycles. The Hall–Kier alpha value is 0.140. The maximum atomic E-state index is 11.2. The van der Waals surface area contributed by atoms with Gasteiger partial charge < -0.3 is 5.21 Å². The SMILES string of the molecule is Cl.ONCCCCF. The van der Waals surface area contributed by atoms with Crippen molar-refractivity contribution < 1.29 is 9.60 Å². The molecule has 0 saturated heterocycles. The molecule has 0 spiro atoms. The lowest BCUT2D eigenvalue weighted by molar-refractivity contribution is 0.164. The zero-order valence-electron chi connectivity index (χ0n) is 4.56. The Kier molecular flexibility index (Phi) is 14.0. The highest BCUT2D eigenvalue weighted by atomic mass is 35.5. The highest BCUT2D eigenvalue weighted by Gasteiger charge is 1.81. The van der Waals surface area contributed by atoms with Crippen molar-refractivity contribution in [1.82, 2.24) is 5.48 Å². The van der Waals surface area contributed by atoms with E-state index in [1.165, 1.54) is 0 Å². The third-order valence-corrected chi connectivity index (χ3v) is 0.672. The molecule has 52 valence electrons. The van der Waals surface area contributed by atoms with Crippen LogP contribution in [0.1, 0.15) is 12.8 Å². The minimum absolute atomic E-state index is 0. The van der Waals surface area contributed by atoms with Gasteiger partial charge in [0.15, 0.2) is 0 Å². The van der Waals surface area contributed by atoms with E-state index in [1.807, 2.05) is 5.48 Å². The summed E-state index contributed by atoms with van der Waals surface area (Å²) in [4.78, 5) is 0. The molecule has 0 rings (SSSR count). The Balaban J connectivity index is 0. The molecule has 0 saturated carbocycles. The molecule has 0 radical (unpaired) electrons. The second-order valence-electron chi connectivity index (χ2n) is 1.30. The van der Waals surface area contributed by atoms with E-state index in [2.05, 4.69) is 0 Å². The lowest BCUT2D eigenvalue weighted by Crippen LogP contribution is -2.08. The first-order valence-electron chi connectivity index (χ1n) is 2.34. The third-order valence-electron chi connectivity index (χ3n) is 0.672. The van der Waals surface area contributed by atoms with Gasteiger partial charge in [0.05, 0.1) is 6.67 Å². The molecule has 4 heteroatoms. The molecule has 2 nitrogen and oxygen atoms in total. The maximum Gasteiger partial charge on any atom is 0.0895 e. The lowest BCUT2D eigenvalue weighted by Gasteiger charge is -1.90. The number of halogens is 2. The van der Waals surface area contributed by atoms with Crippen molar-refractivity contribution in [1.29, 1.82) is 0 Å². The number of hydroxylamine groups is 1. The molecule has 8 heavy (non-hydrogen) atoms. The van der Waals surface area contributed by atoms with Crippen LogP contribution in [0.25, 0.3) is 0 Å². The summed E-state index contributed by atoms with van der Waals surface area (Å²) in [5, 5.41) is 7.92. The van der Waals surface area contributed by atoms with Crippen molar-refractivity contribution in [3.8, 4) is 0 Å². The molecule has 0 bridgehead atoms. The number of nitrogens with one attached hydrogen (secondary N) is 1. The van der Waals surface area contributed by atoms with E-state index in [4.69, 9.17) is 5.21 Å². The molecule has 0 aromatic heterocycles. The summed E-state index contributed by atoms with van der Waals surface area (Å²) in [5.41, 5.74) is 1.94. The van der Waals surface area contributed by atoms with Crippen LogP contribution in [-0.2, 0) is 0 Å².